The minimum Gasteiger partial charge on any atom is -0.376 e. The van der Waals surface area contributed by atoms with E-state index < -0.39 is 0 Å². The molecule has 0 saturated heterocycles. The summed E-state index contributed by atoms with van der Waals surface area (Å²) in [5, 5.41) is 20.4. The second kappa shape index (κ2) is 10.4. The van der Waals surface area contributed by atoms with E-state index in [0.29, 0.717) is 5.57 Å². The molecule has 0 atom stereocenters. The Bertz CT molecular complexity index is 238. The van der Waals surface area contributed by atoms with Gasteiger partial charge in [-0.1, -0.05) is 13.2 Å². The molecule has 0 heterocycles. The summed E-state index contributed by atoms with van der Waals surface area (Å²) in [5.74, 6) is -0.671. The van der Waals surface area contributed by atoms with Crippen LogP contribution in [-0.4, -0.2) is 35.5 Å². The van der Waals surface area contributed by atoms with Crippen molar-refractivity contribution in [2.24, 2.45) is 0 Å². The fraction of sp³-hybridized carbons (Fsp3) is 0.333. The molecular formula is C9H16N2O4. The van der Waals surface area contributed by atoms with E-state index in [4.69, 9.17) is 10.2 Å². The van der Waals surface area contributed by atoms with Gasteiger partial charge in [0.2, 0.25) is 11.8 Å². The van der Waals surface area contributed by atoms with Gasteiger partial charge in [0.15, 0.2) is 0 Å². The maximum absolute atomic E-state index is 10.4. The van der Waals surface area contributed by atoms with E-state index in [9.17, 15) is 9.59 Å². The van der Waals surface area contributed by atoms with Crippen molar-refractivity contribution in [1.82, 2.24) is 10.6 Å². The quantitative estimate of drug-likeness (QED) is 0.353. The topological polar surface area (TPSA) is 98.7 Å². The lowest BCUT2D eigenvalue weighted by molar-refractivity contribution is -0.119. The molecule has 15 heavy (non-hydrogen) atoms. The van der Waals surface area contributed by atoms with Crippen LogP contribution in [0.25, 0.3) is 0 Å². The van der Waals surface area contributed by atoms with Crippen molar-refractivity contribution in [3.63, 3.8) is 0 Å². The molecule has 0 aromatic heterocycles. The van der Waals surface area contributed by atoms with Gasteiger partial charge in [-0.3, -0.25) is 9.59 Å². The highest BCUT2D eigenvalue weighted by Gasteiger charge is 1.95. The van der Waals surface area contributed by atoms with Gasteiger partial charge in [0.25, 0.3) is 0 Å². The van der Waals surface area contributed by atoms with Crippen LogP contribution in [0.4, 0.5) is 0 Å². The summed E-state index contributed by atoms with van der Waals surface area (Å²) in [4.78, 5) is 20.4. The molecule has 0 saturated carbocycles. The molecule has 0 rings (SSSR count). The second-order valence-corrected chi connectivity index (χ2v) is 2.35. The Hall–Kier alpha value is -1.66. The number of aliphatic hydroxyl groups excluding tert-OH is 2. The first-order valence-electron chi connectivity index (χ1n) is 4.05. The highest BCUT2D eigenvalue weighted by Crippen LogP contribution is 1.82. The third-order valence-corrected chi connectivity index (χ3v) is 1.07. The first kappa shape index (κ1) is 15.8. The molecule has 0 aromatic carbocycles. The largest absolute Gasteiger partial charge is 0.376 e. The lowest BCUT2D eigenvalue weighted by Gasteiger charge is -1.96. The van der Waals surface area contributed by atoms with Crippen molar-refractivity contribution in [3.05, 3.63) is 24.8 Å². The molecule has 0 aliphatic carbocycles. The van der Waals surface area contributed by atoms with Gasteiger partial charge in [0.1, 0.15) is 13.5 Å². The molecule has 0 aliphatic heterocycles. The van der Waals surface area contributed by atoms with Gasteiger partial charge in [0, 0.05) is 5.57 Å². The van der Waals surface area contributed by atoms with Gasteiger partial charge in [-0.15, -0.1) is 0 Å². The van der Waals surface area contributed by atoms with Crippen LogP contribution in [0.1, 0.15) is 6.92 Å². The van der Waals surface area contributed by atoms with E-state index in [-0.39, 0.29) is 25.3 Å². The molecule has 4 N–H and O–H groups in total. The normalized spacial score (nSPS) is 7.93. The molecule has 6 heteroatoms. The average molecular weight is 216 g/mol. The number of rotatable bonds is 4. The maximum atomic E-state index is 10.4. The van der Waals surface area contributed by atoms with Crippen LogP contribution >= 0.6 is 0 Å². The molecule has 0 bridgehead atoms. The molecule has 0 radical (unpaired) electrons. The van der Waals surface area contributed by atoms with Crippen molar-refractivity contribution in [3.8, 4) is 0 Å². The van der Waals surface area contributed by atoms with Crippen LogP contribution in [0, 0.1) is 0 Å². The molecule has 2 amide bonds. The van der Waals surface area contributed by atoms with Crippen molar-refractivity contribution in [2.75, 3.05) is 13.5 Å². The first-order chi connectivity index (χ1) is 6.99. The van der Waals surface area contributed by atoms with E-state index in [1.54, 1.807) is 6.92 Å². The summed E-state index contributed by atoms with van der Waals surface area (Å²) >= 11 is 0. The Morgan fingerprint density at radius 1 is 1.27 bits per heavy atom. The zero-order valence-electron chi connectivity index (χ0n) is 8.62. The molecule has 0 unspecified atom stereocenters. The van der Waals surface area contributed by atoms with Gasteiger partial charge in [0.05, 0.1) is 0 Å². The highest BCUT2D eigenvalue weighted by atomic mass is 16.3. The lowest BCUT2D eigenvalue weighted by atomic mass is 10.3. The molecule has 86 valence electrons. The number of aliphatic hydroxyl groups is 2. The third-order valence-electron chi connectivity index (χ3n) is 1.07. The third kappa shape index (κ3) is 12.3. The second-order valence-electron chi connectivity index (χ2n) is 2.35. The first-order valence-corrected chi connectivity index (χ1v) is 4.05. The number of hydrogen-bond acceptors (Lipinski definition) is 4. The standard InChI is InChI=1S/C5H9NO2.C4H7NO2/c1-4(2)5(8)6-3-7;1-2-4(7)5-3-6/h7H,1,3H2,2H3,(H,6,8);2,6H,1,3H2,(H,5,7). The molecule has 0 aromatic rings. The number of amides is 2. The minimum absolute atomic E-state index is 0.312. The SMILES string of the molecule is C=C(C)C(=O)NCO.C=CC(=O)NCO. The molecular weight excluding hydrogens is 200 g/mol. The van der Waals surface area contributed by atoms with E-state index in [1.807, 2.05) is 0 Å². The lowest BCUT2D eigenvalue weighted by Crippen LogP contribution is -2.24. The van der Waals surface area contributed by atoms with E-state index >= 15 is 0 Å². The van der Waals surface area contributed by atoms with Gasteiger partial charge < -0.3 is 20.8 Å². The smallest absolute Gasteiger partial charge is 0.248 e. The minimum atomic E-state index is -0.359. The Balaban J connectivity index is 0. The van der Waals surface area contributed by atoms with E-state index in [2.05, 4.69) is 23.8 Å². The van der Waals surface area contributed by atoms with Crippen molar-refractivity contribution >= 4 is 11.8 Å². The van der Waals surface area contributed by atoms with Gasteiger partial charge in [-0.05, 0) is 13.0 Å². The zero-order chi connectivity index (χ0) is 12.3. The maximum Gasteiger partial charge on any atom is 0.248 e. The number of hydrogen-bond donors (Lipinski definition) is 4. The molecule has 6 nitrogen and oxygen atoms in total. The number of carbonyl (C=O) groups excluding carboxylic acids is 2. The Morgan fingerprint density at radius 3 is 1.87 bits per heavy atom. The molecule has 0 fully saturated rings. The average Bonchev–Trinajstić information content (AvgIpc) is 2.19. The zero-order valence-corrected chi connectivity index (χ0v) is 8.62. The molecule has 0 spiro atoms. The Morgan fingerprint density at radius 2 is 1.73 bits per heavy atom. The summed E-state index contributed by atoms with van der Waals surface area (Å²) in [7, 11) is 0. The van der Waals surface area contributed by atoms with Crippen LogP contribution in [0.2, 0.25) is 0 Å². The number of carbonyl (C=O) groups is 2. The summed E-state index contributed by atoms with van der Waals surface area (Å²) < 4.78 is 0. The van der Waals surface area contributed by atoms with Gasteiger partial charge >= 0.3 is 0 Å². The summed E-state index contributed by atoms with van der Waals surface area (Å²) in [6.07, 6.45) is 1.09. The summed E-state index contributed by atoms with van der Waals surface area (Å²) in [5.41, 5.74) is 0.402. The predicted molar refractivity (Wildman–Crippen MR) is 55.5 cm³/mol. The van der Waals surface area contributed by atoms with Crippen LogP contribution in [0.3, 0.4) is 0 Å². The van der Waals surface area contributed by atoms with Crippen molar-refractivity contribution < 1.29 is 19.8 Å². The van der Waals surface area contributed by atoms with Gasteiger partial charge in [-0.2, -0.15) is 0 Å². The van der Waals surface area contributed by atoms with Gasteiger partial charge in [-0.25, -0.2) is 0 Å². The monoisotopic (exact) mass is 216 g/mol. The van der Waals surface area contributed by atoms with E-state index in [1.165, 1.54) is 0 Å². The predicted octanol–water partition coefficient (Wildman–Crippen LogP) is -1.13. The highest BCUT2D eigenvalue weighted by molar-refractivity contribution is 5.91. The van der Waals surface area contributed by atoms with Crippen LogP contribution in [0.15, 0.2) is 24.8 Å². The van der Waals surface area contributed by atoms with E-state index in [0.717, 1.165) is 6.08 Å². The van der Waals surface area contributed by atoms with Crippen LogP contribution in [-0.2, 0) is 9.59 Å². The van der Waals surface area contributed by atoms with Crippen molar-refractivity contribution in [1.29, 1.82) is 0 Å². The molecule has 0 aliphatic rings. The van der Waals surface area contributed by atoms with Crippen molar-refractivity contribution in [2.45, 2.75) is 6.92 Å². The summed E-state index contributed by atoms with van der Waals surface area (Å²) in [6.45, 7) is 7.42. The fourth-order valence-corrected chi connectivity index (χ4v) is 0.373. The van der Waals surface area contributed by atoms with Crippen LogP contribution in [0.5, 0.6) is 0 Å². The fourth-order valence-electron chi connectivity index (χ4n) is 0.373. The number of nitrogens with one attached hydrogen (secondary N) is 2. The Labute approximate surface area is 88.3 Å². The Kier molecular flexibility index (Phi) is 11.0. The summed E-state index contributed by atoms with van der Waals surface area (Å²) in [6, 6.07) is 0. The van der Waals surface area contributed by atoms with Crippen LogP contribution < -0.4 is 10.6 Å².